The number of nitrogens with one attached hydrogen (secondary N) is 2. The molecule has 1 fully saturated rings. The summed E-state index contributed by atoms with van der Waals surface area (Å²) in [6.45, 7) is 4.02. The Labute approximate surface area is 73.9 Å². The van der Waals surface area contributed by atoms with Crippen LogP contribution < -0.4 is 10.6 Å². The first kappa shape index (κ1) is 9.52. The van der Waals surface area contributed by atoms with E-state index in [1.165, 1.54) is 0 Å². The molecule has 0 aliphatic carbocycles. The van der Waals surface area contributed by atoms with E-state index in [1.54, 1.807) is 0 Å². The molecule has 1 rings (SSSR count). The van der Waals surface area contributed by atoms with Crippen LogP contribution in [0.3, 0.4) is 0 Å². The summed E-state index contributed by atoms with van der Waals surface area (Å²) in [6.07, 6.45) is 4.02. The van der Waals surface area contributed by atoms with Crippen molar-refractivity contribution in [2.45, 2.75) is 38.6 Å². The van der Waals surface area contributed by atoms with Crippen molar-refractivity contribution in [3.8, 4) is 0 Å². The highest BCUT2D eigenvalue weighted by molar-refractivity contribution is 5.76. The largest absolute Gasteiger partial charge is 0.356 e. The molecule has 0 bridgehead atoms. The van der Waals surface area contributed by atoms with Crippen molar-refractivity contribution in [3.63, 3.8) is 0 Å². The smallest absolute Gasteiger partial charge is 0.221 e. The molecule has 1 unspecified atom stereocenters. The summed E-state index contributed by atoms with van der Waals surface area (Å²) in [5, 5.41) is 6.25. The van der Waals surface area contributed by atoms with Crippen LogP contribution in [0.2, 0.25) is 0 Å². The molecule has 1 amide bonds. The van der Waals surface area contributed by atoms with E-state index in [0.29, 0.717) is 12.5 Å². The lowest BCUT2D eigenvalue weighted by molar-refractivity contribution is -0.121. The van der Waals surface area contributed by atoms with E-state index in [1.807, 2.05) is 0 Å². The molecular formula is C9H18N2O. The number of carbonyl (C=O) groups excluding carboxylic acids is 1. The highest BCUT2D eigenvalue weighted by atomic mass is 16.1. The van der Waals surface area contributed by atoms with E-state index in [2.05, 4.69) is 17.6 Å². The van der Waals surface area contributed by atoms with Gasteiger partial charge in [-0.25, -0.2) is 0 Å². The lowest BCUT2D eigenvalue weighted by Crippen LogP contribution is -2.32. The fraction of sp³-hybridized carbons (Fsp3) is 0.889. The van der Waals surface area contributed by atoms with Gasteiger partial charge in [-0.15, -0.1) is 0 Å². The quantitative estimate of drug-likeness (QED) is 0.653. The third-order valence-electron chi connectivity index (χ3n) is 2.17. The van der Waals surface area contributed by atoms with Gasteiger partial charge in [0.2, 0.25) is 5.91 Å². The van der Waals surface area contributed by atoms with Crippen molar-refractivity contribution in [2.75, 3.05) is 13.1 Å². The van der Waals surface area contributed by atoms with Gasteiger partial charge in [0.1, 0.15) is 0 Å². The molecular weight excluding hydrogens is 152 g/mol. The summed E-state index contributed by atoms with van der Waals surface area (Å²) < 4.78 is 0. The Hall–Kier alpha value is -0.570. The summed E-state index contributed by atoms with van der Waals surface area (Å²) in [4.78, 5) is 11.1. The summed E-state index contributed by atoms with van der Waals surface area (Å²) in [5.74, 6) is 0.195. The molecule has 3 heteroatoms. The van der Waals surface area contributed by atoms with Crippen molar-refractivity contribution >= 4 is 5.91 Å². The van der Waals surface area contributed by atoms with Crippen molar-refractivity contribution < 1.29 is 4.79 Å². The second-order valence-corrected chi connectivity index (χ2v) is 3.35. The van der Waals surface area contributed by atoms with Gasteiger partial charge in [0.15, 0.2) is 0 Å². The molecule has 1 heterocycles. The van der Waals surface area contributed by atoms with E-state index in [9.17, 15) is 4.79 Å². The fourth-order valence-electron chi connectivity index (χ4n) is 1.50. The van der Waals surface area contributed by atoms with Crippen LogP contribution in [0.15, 0.2) is 0 Å². The zero-order valence-electron chi connectivity index (χ0n) is 7.73. The van der Waals surface area contributed by atoms with Gasteiger partial charge in [-0.3, -0.25) is 4.79 Å². The van der Waals surface area contributed by atoms with E-state index < -0.39 is 0 Å². The average molecular weight is 170 g/mol. The first-order valence-corrected chi connectivity index (χ1v) is 4.83. The Morgan fingerprint density at radius 1 is 1.67 bits per heavy atom. The maximum Gasteiger partial charge on any atom is 0.221 e. The summed E-state index contributed by atoms with van der Waals surface area (Å²) in [6, 6.07) is 0.410. The number of rotatable bonds is 3. The number of hydrogen-bond donors (Lipinski definition) is 2. The lowest BCUT2D eigenvalue weighted by Gasteiger charge is -2.13. The average Bonchev–Trinajstić information content (AvgIpc) is 2.26. The Bertz CT molecular complexity index is 147. The Balaban J connectivity index is 2.26. The molecule has 1 aliphatic heterocycles. The van der Waals surface area contributed by atoms with Gasteiger partial charge in [0, 0.05) is 19.0 Å². The first-order valence-electron chi connectivity index (χ1n) is 4.83. The van der Waals surface area contributed by atoms with Gasteiger partial charge in [-0.2, -0.15) is 0 Å². The topological polar surface area (TPSA) is 41.1 Å². The molecule has 70 valence electrons. The SMILES string of the molecule is CCCNC1CCCNC(=O)C1. The maximum atomic E-state index is 11.1. The van der Waals surface area contributed by atoms with Gasteiger partial charge in [-0.1, -0.05) is 6.92 Å². The van der Waals surface area contributed by atoms with E-state index in [0.717, 1.165) is 32.4 Å². The van der Waals surface area contributed by atoms with Gasteiger partial charge >= 0.3 is 0 Å². The van der Waals surface area contributed by atoms with Crippen molar-refractivity contribution in [3.05, 3.63) is 0 Å². The van der Waals surface area contributed by atoms with Gasteiger partial charge in [0.25, 0.3) is 0 Å². The molecule has 1 atom stereocenters. The van der Waals surface area contributed by atoms with E-state index >= 15 is 0 Å². The van der Waals surface area contributed by atoms with Crippen molar-refractivity contribution in [1.29, 1.82) is 0 Å². The summed E-state index contributed by atoms with van der Waals surface area (Å²) in [7, 11) is 0. The van der Waals surface area contributed by atoms with Crippen LogP contribution in [0.25, 0.3) is 0 Å². The van der Waals surface area contributed by atoms with Crippen LogP contribution >= 0.6 is 0 Å². The molecule has 0 aromatic heterocycles. The molecule has 0 saturated carbocycles. The number of amides is 1. The van der Waals surface area contributed by atoms with Crippen LogP contribution in [0.5, 0.6) is 0 Å². The van der Waals surface area contributed by atoms with Crippen LogP contribution in [0, 0.1) is 0 Å². The molecule has 3 nitrogen and oxygen atoms in total. The van der Waals surface area contributed by atoms with Crippen LogP contribution in [-0.2, 0) is 4.79 Å². The third kappa shape index (κ3) is 3.22. The molecule has 0 spiro atoms. The molecule has 0 radical (unpaired) electrons. The van der Waals surface area contributed by atoms with Crippen LogP contribution in [0.1, 0.15) is 32.6 Å². The molecule has 1 saturated heterocycles. The minimum absolute atomic E-state index is 0.195. The molecule has 0 aromatic carbocycles. The highest BCUT2D eigenvalue weighted by Gasteiger charge is 2.15. The highest BCUT2D eigenvalue weighted by Crippen LogP contribution is 2.05. The van der Waals surface area contributed by atoms with Crippen molar-refractivity contribution in [1.82, 2.24) is 10.6 Å². The molecule has 2 N–H and O–H groups in total. The molecule has 1 aliphatic rings. The molecule has 0 aromatic rings. The zero-order chi connectivity index (χ0) is 8.81. The summed E-state index contributed by atoms with van der Waals surface area (Å²) >= 11 is 0. The Kier molecular flexibility index (Phi) is 4.08. The zero-order valence-corrected chi connectivity index (χ0v) is 7.73. The first-order chi connectivity index (χ1) is 5.83. The summed E-state index contributed by atoms with van der Waals surface area (Å²) in [5.41, 5.74) is 0. The number of carbonyl (C=O) groups is 1. The monoisotopic (exact) mass is 170 g/mol. The van der Waals surface area contributed by atoms with E-state index in [4.69, 9.17) is 0 Å². The van der Waals surface area contributed by atoms with Crippen molar-refractivity contribution in [2.24, 2.45) is 0 Å². The van der Waals surface area contributed by atoms with Gasteiger partial charge in [-0.05, 0) is 25.8 Å². The van der Waals surface area contributed by atoms with Crippen LogP contribution in [0.4, 0.5) is 0 Å². The van der Waals surface area contributed by atoms with Gasteiger partial charge < -0.3 is 10.6 Å². The third-order valence-corrected chi connectivity index (χ3v) is 2.17. The number of hydrogen-bond acceptors (Lipinski definition) is 2. The minimum atomic E-state index is 0.195. The normalized spacial score (nSPS) is 24.8. The Morgan fingerprint density at radius 2 is 2.50 bits per heavy atom. The predicted octanol–water partition coefficient (Wildman–Crippen LogP) is 0.655. The lowest BCUT2D eigenvalue weighted by atomic mass is 10.1. The second-order valence-electron chi connectivity index (χ2n) is 3.35. The standard InChI is InChI=1S/C9H18N2O/c1-2-5-10-8-4-3-6-11-9(12)7-8/h8,10H,2-7H2,1H3,(H,11,12). The molecule has 12 heavy (non-hydrogen) atoms. The Morgan fingerprint density at radius 3 is 3.25 bits per heavy atom. The minimum Gasteiger partial charge on any atom is -0.356 e. The van der Waals surface area contributed by atoms with E-state index in [-0.39, 0.29) is 5.91 Å². The predicted molar refractivity (Wildman–Crippen MR) is 48.9 cm³/mol. The second kappa shape index (κ2) is 5.14. The van der Waals surface area contributed by atoms with Crippen LogP contribution in [-0.4, -0.2) is 25.0 Å². The van der Waals surface area contributed by atoms with Gasteiger partial charge in [0.05, 0.1) is 0 Å². The maximum absolute atomic E-state index is 11.1. The fourth-order valence-corrected chi connectivity index (χ4v) is 1.50.